The third kappa shape index (κ3) is 3.87. The average Bonchev–Trinajstić information content (AvgIpc) is 2.00. The highest BCUT2D eigenvalue weighted by molar-refractivity contribution is 8.56. The van der Waals surface area contributed by atoms with E-state index < -0.39 is 5.90 Å². The van der Waals surface area contributed by atoms with Crippen LogP contribution in [0.5, 0.6) is 0 Å². The van der Waals surface area contributed by atoms with Crippen LogP contribution >= 0.6 is 18.1 Å². The first-order chi connectivity index (χ1) is 5.06. The van der Waals surface area contributed by atoms with Gasteiger partial charge in [0, 0.05) is 0 Å². The van der Waals surface area contributed by atoms with Crippen LogP contribution in [0, 0.1) is 0 Å². The Morgan fingerprint density at radius 2 is 2.00 bits per heavy atom. The van der Waals surface area contributed by atoms with Gasteiger partial charge in [0.05, 0.1) is 12.2 Å². The zero-order chi connectivity index (χ0) is 8.91. The standard InChI is InChI=1S/C8H17PS2/c1-4-6-7-8(3,5-2)9(10)11/h4-7H2,1-3H3/p+1. The second-order valence-corrected chi connectivity index (χ2v) is 7.96. The monoisotopic (exact) mass is 209 g/mol. The van der Waals surface area contributed by atoms with Crippen LogP contribution in [-0.4, -0.2) is 5.16 Å². The van der Waals surface area contributed by atoms with Crippen molar-refractivity contribution in [3.05, 3.63) is 0 Å². The van der Waals surface area contributed by atoms with Crippen molar-refractivity contribution in [2.45, 2.75) is 51.6 Å². The molecule has 0 N–H and O–H groups in total. The van der Waals surface area contributed by atoms with Gasteiger partial charge in [-0.2, -0.15) is 0 Å². The summed E-state index contributed by atoms with van der Waals surface area (Å²) in [5.41, 5.74) is 0. The van der Waals surface area contributed by atoms with Gasteiger partial charge in [0.2, 0.25) is 5.90 Å². The van der Waals surface area contributed by atoms with Crippen LogP contribution in [0.2, 0.25) is 0 Å². The Bertz CT molecular complexity index is 136. The highest BCUT2D eigenvalue weighted by Gasteiger charge is 2.35. The summed E-state index contributed by atoms with van der Waals surface area (Å²) in [5.74, 6) is -0.480. The molecule has 0 bridgehead atoms. The molecule has 0 fully saturated rings. The van der Waals surface area contributed by atoms with E-state index in [1.54, 1.807) is 0 Å². The molecule has 11 heavy (non-hydrogen) atoms. The maximum Gasteiger partial charge on any atom is 0.247 e. The average molecular weight is 209 g/mol. The van der Waals surface area contributed by atoms with E-state index in [1.165, 1.54) is 25.7 Å². The summed E-state index contributed by atoms with van der Waals surface area (Å²) < 4.78 is 0. The highest BCUT2D eigenvalue weighted by atomic mass is 32.9. The van der Waals surface area contributed by atoms with Gasteiger partial charge in [-0.15, -0.1) is 0 Å². The van der Waals surface area contributed by atoms with E-state index in [4.69, 9.17) is 11.8 Å². The molecule has 0 heterocycles. The Kier molecular flexibility index (Phi) is 5.94. The molecule has 0 saturated heterocycles. The SMILES string of the molecule is CCCCC(C)(CC)[P+](=S)S. The van der Waals surface area contributed by atoms with Crippen molar-refractivity contribution < 1.29 is 0 Å². The van der Waals surface area contributed by atoms with Crippen LogP contribution in [0.4, 0.5) is 0 Å². The van der Waals surface area contributed by atoms with Crippen molar-refractivity contribution in [1.82, 2.24) is 0 Å². The van der Waals surface area contributed by atoms with Crippen molar-refractivity contribution >= 4 is 30.0 Å². The maximum atomic E-state index is 5.26. The van der Waals surface area contributed by atoms with E-state index in [-0.39, 0.29) is 0 Å². The molecule has 0 rings (SSSR count). The number of hydrogen-bond acceptors (Lipinski definition) is 1. The molecule has 0 nitrogen and oxygen atoms in total. The van der Waals surface area contributed by atoms with Crippen molar-refractivity contribution in [3.8, 4) is 0 Å². The van der Waals surface area contributed by atoms with Crippen LogP contribution in [0.3, 0.4) is 0 Å². The number of thiol groups is 1. The van der Waals surface area contributed by atoms with Crippen molar-refractivity contribution in [2.24, 2.45) is 0 Å². The fourth-order valence-electron chi connectivity index (χ4n) is 0.965. The number of rotatable bonds is 5. The molecule has 0 aliphatic rings. The molecule has 2 atom stereocenters. The van der Waals surface area contributed by atoms with E-state index in [1.807, 2.05) is 0 Å². The summed E-state index contributed by atoms with van der Waals surface area (Å²) in [4.78, 5) is 0. The summed E-state index contributed by atoms with van der Waals surface area (Å²) in [6, 6.07) is 0. The minimum atomic E-state index is -0.480. The summed E-state index contributed by atoms with van der Waals surface area (Å²) in [6.07, 6.45) is 4.98. The van der Waals surface area contributed by atoms with Gasteiger partial charge < -0.3 is 0 Å². The third-order valence-electron chi connectivity index (χ3n) is 2.29. The van der Waals surface area contributed by atoms with Crippen LogP contribution in [0.15, 0.2) is 0 Å². The normalized spacial score (nSPS) is 17.6. The Hall–Kier alpha value is 0.870. The molecule has 2 unspecified atom stereocenters. The minimum Gasteiger partial charge on any atom is -0.0654 e. The van der Waals surface area contributed by atoms with Crippen LogP contribution < -0.4 is 0 Å². The quantitative estimate of drug-likeness (QED) is 0.524. The molecule has 0 aliphatic carbocycles. The lowest BCUT2D eigenvalue weighted by atomic mass is 10.0. The summed E-state index contributed by atoms with van der Waals surface area (Å²) in [7, 11) is 0. The number of unbranched alkanes of at least 4 members (excludes halogenated alkanes) is 1. The van der Waals surface area contributed by atoms with Gasteiger partial charge in [0.1, 0.15) is 5.16 Å². The van der Waals surface area contributed by atoms with E-state index in [9.17, 15) is 0 Å². The van der Waals surface area contributed by atoms with E-state index >= 15 is 0 Å². The highest BCUT2D eigenvalue weighted by Crippen LogP contribution is 2.48. The smallest absolute Gasteiger partial charge is 0.0654 e. The molecule has 0 aromatic carbocycles. The summed E-state index contributed by atoms with van der Waals surface area (Å²) >= 11 is 9.67. The Balaban J connectivity index is 3.99. The zero-order valence-corrected chi connectivity index (χ0v) is 10.2. The lowest BCUT2D eigenvalue weighted by molar-refractivity contribution is 0.536. The first kappa shape index (κ1) is 11.9. The molecule has 0 saturated carbocycles. The van der Waals surface area contributed by atoms with Crippen LogP contribution in [0.25, 0.3) is 0 Å². The van der Waals surface area contributed by atoms with E-state index in [0.717, 1.165) is 0 Å². The fraction of sp³-hybridized carbons (Fsp3) is 1.00. The molecule has 0 aromatic heterocycles. The summed E-state index contributed by atoms with van der Waals surface area (Å²) in [5, 5.41) is 0.337. The van der Waals surface area contributed by atoms with Crippen molar-refractivity contribution in [1.29, 1.82) is 0 Å². The van der Waals surface area contributed by atoms with Crippen LogP contribution in [0.1, 0.15) is 46.5 Å². The number of hydrogen-bond donors (Lipinski definition) is 1. The van der Waals surface area contributed by atoms with Gasteiger partial charge in [-0.1, -0.05) is 20.3 Å². The van der Waals surface area contributed by atoms with Crippen molar-refractivity contribution in [2.75, 3.05) is 0 Å². The predicted molar refractivity (Wildman–Crippen MR) is 61.5 cm³/mol. The van der Waals surface area contributed by atoms with Gasteiger partial charge in [0.15, 0.2) is 11.8 Å². The van der Waals surface area contributed by atoms with E-state index in [2.05, 4.69) is 33.0 Å². The topological polar surface area (TPSA) is 0 Å². The Morgan fingerprint density at radius 1 is 1.45 bits per heavy atom. The molecule has 3 heteroatoms. The van der Waals surface area contributed by atoms with Crippen LogP contribution in [-0.2, 0) is 11.8 Å². The summed E-state index contributed by atoms with van der Waals surface area (Å²) in [6.45, 7) is 6.71. The largest absolute Gasteiger partial charge is 0.247 e. The molecule has 0 aliphatic heterocycles. The van der Waals surface area contributed by atoms with Gasteiger partial charge in [-0.05, 0) is 26.2 Å². The Labute approximate surface area is 81.7 Å². The zero-order valence-electron chi connectivity index (χ0n) is 7.63. The van der Waals surface area contributed by atoms with Gasteiger partial charge >= 0.3 is 0 Å². The lowest BCUT2D eigenvalue weighted by Crippen LogP contribution is -2.16. The second-order valence-electron chi connectivity index (χ2n) is 3.23. The molecule has 66 valence electrons. The minimum absolute atomic E-state index is 0.337. The molecule has 0 spiro atoms. The molecular formula is C8H18PS2+. The van der Waals surface area contributed by atoms with Gasteiger partial charge in [-0.3, -0.25) is 0 Å². The molecule has 0 aromatic rings. The fourth-order valence-corrected chi connectivity index (χ4v) is 2.97. The Morgan fingerprint density at radius 3 is 2.27 bits per heavy atom. The van der Waals surface area contributed by atoms with Gasteiger partial charge in [-0.25, -0.2) is 0 Å². The molecular weight excluding hydrogens is 191 g/mol. The second kappa shape index (κ2) is 5.50. The molecule has 0 radical (unpaired) electrons. The van der Waals surface area contributed by atoms with Crippen molar-refractivity contribution in [3.63, 3.8) is 0 Å². The first-order valence-electron chi connectivity index (χ1n) is 4.23. The predicted octanol–water partition coefficient (Wildman–Crippen LogP) is 4.13. The third-order valence-corrected chi connectivity index (χ3v) is 6.53. The maximum absolute atomic E-state index is 5.26. The molecule has 0 amide bonds. The first-order valence-corrected chi connectivity index (χ1v) is 7.74. The van der Waals surface area contributed by atoms with Gasteiger partial charge in [0.25, 0.3) is 0 Å². The van der Waals surface area contributed by atoms with E-state index in [0.29, 0.717) is 5.16 Å². The lowest BCUT2D eigenvalue weighted by Gasteiger charge is -2.16.